The van der Waals surface area contributed by atoms with Gasteiger partial charge in [0, 0.05) is 14.2 Å². The summed E-state index contributed by atoms with van der Waals surface area (Å²) >= 11 is 11.9. The molecule has 1 unspecified atom stereocenters. The number of hydrogen-bond donors (Lipinski definition) is 1. The lowest BCUT2D eigenvalue weighted by Gasteiger charge is -2.15. The molecule has 1 atom stereocenters. The third-order valence-electron chi connectivity index (χ3n) is 1.85. The van der Waals surface area contributed by atoms with Gasteiger partial charge in [-0.2, -0.15) is 4.98 Å². The van der Waals surface area contributed by atoms with Crippen LogP contribution in [0.4, 0.5) is 5.82 Å². The van der Waals surface area contributed by atoms with Gasteiger partial charge in [0.1, 0.15) is 16.9 Å². The molecule has 0 bridgehead atoms. The maximum absolute atomic E-state index is 5.96. The van der Waals surface area contributed by atoms with Gasteiger partial charge >= 0.3 is 0 Å². The normalized spacial score (nSPS) is 12.3. The van der Waals surface area contributed by atoms with E-state index in [0.717, 1.165) is 0 Å². The first-order valence-corrected chi connectivity index (χ1v) is 5.53. The molecule has 0 aromatic carbocycles. The number of methoxy groups -OCH3 is 1. The van der Waals surface area contributed by atoms with E-state index in [1.54, 1.807) is 20.2 Å². The van der Waals surface area contributed by atoms with E-state index in [9.17, 15) is 0 Å². The Morgan fingerprint density at radius 3 is 2.69 bits per heavy atom. The van der Waals surface area contributed by atoms with Crippen LogP contribution in [-0.2, 0) is 4.74 Å². The van der Waals surface area contributed by atoms with Gasteiger partial charge < -0.3 is 14.8 Å². The third kappa shape index (κ3) is 3.40. The van der Waals surface area contributed by atoms with Gasteiger partial charge in [-0.05, 0) is 13.0 Å². The molecule has 1 heterocycles. The number of anilines is 1. The van der Waals surface area contributed by atoms with Gasteiger partial charge in [0.2, 0.25) is 5.88 Å². The summed E-state index contributed by atoms with van der Waals surface area (Å²) in [5.41, 5.74) is 0. The fourth-order valence-corrected chi connectivity index (χ4v) is 1.66. The van der Waals surface area contributed by atoms with E-state index < -0.39 is 0 Å². The van der Waals surface area contributed by atoms with E-state index in [1.165, 1.54) is 0 Å². The molecule has 6 heteroatoms. The van der Waals surface area contributed by atoms with Crippen molar-refractivity contribution in [3.63, 3.8) is 0 Å². The zero-order valence-corrected chi connectivity index (χ0v) is 10.9. The quantitative estimate of drug-likeness (QED) is 0.889. The summed E-state index contributed by atoms with van der Waals surface area (Å²) in [6, 6.07) is 1.59. The summed E-state index contributed by atoms with van der Waals surface area (Å²) in [5.74, 6) is 0.880. The van der Waals surface area contributed by atoms with Crippen LogP contribution in [0.25, 0.3) is 0 Å². The van der Waals surface area contributed by atoms with Crippen molar-refractivity contribution in [2.75, 3.05) is 26.1 Å². The van der Waals surface area contributed by atoms with E-state index in [-0.39, 0.29) is 6.10 Å². The number of nitrogens with one attached hydrogen (secondary N) is 1. The van der Waals surface area contributed by atoms with Crippen LogP contribution in [-0.4, -0.2) is 31.9 Å². The van der Waals surface area contributed by atoms with E-state index in [4.69, 9.17) is 32.7 Å². The monoisotopic (exact) mass is 264 g/mol. The number of rotatable bonds is 5. The molecule has 0 fully saturated rings. The summed E-state index contributed by atoms with van der Waals surface area (Å²) < 4.78 is 10.5. The van der Waals surface area contributed by atoms with Gasteiger partial charge in [0.25, 0.3) is 0 Å². The Labute approximate surface area is 105 Å². The Balaban J connectivity index is 2.87. The summed E-state index contributed by atoms with van der Waals surface area (Å²) in [5, 5.41) is 3.69. The smallest absolute Gasteiger partial charge is 0.235 e. The molecular weight excluding hydrogens is 251 g/mol. The summed E-state index contributed by atoms with van der Waals surface area (Å²) in [6.45, 7) is 2.34. The van der Waals surface area contributed by atoms with E-state index in [0.29, 0.717) is 28.3 Å². The second-order valence-electron chi connectivity index (χ2n) is 3.24. The minimum absolute atomic E-state index is 0.124. The van der Waals surface area contributed by atoms with Crippen molar-refractivity contribution in [1.82, 2.24) is 4.98 Å². The van der Waals surface area contributed by atoms with Crippen LogP contribution in [0, 0.1) is 0 Å². The van der Waals surface area contributed by atoms with Crippen molar-refractivity contribution in [2.45, 2.75) is 13.0 Å². The maximum Gasteiger partial charge on any atom is 0.235 e. The topological polar surface area (TPSA) is 43.4 Å². The largest absolute Gasteiger partial charge is 0.471 e. The zero-order chi connectivity index (χ0) is 12.1. The Morgan fingerprint density at radius 2 is 2.12 bits per heavy atom. The fraction of sp³-hybridized carbons (Fsp3) is 0.500. The lowest BCUT2D eigenvalue weighted by atomic mass is 10.4. The van der Waals surface area contributed by atoms with Gasteiger partial charge in [0.05, 0.1) is 11.6 Å². The van der Waals surface area contributed by atoms with Crippen molar-refractivity contribution < 1.29 is 9.47 Å². The van der Waals surface area contributed by atoms with Gasteiger partial charge in [-0.3, -0.25) is 0 Å². The molecule has 0 spiro atoms. The third-order valence-corrected chi connectivity index (χ3v) is 2.41. The Morgan fingerprint density at radius 1 is 1.44 bits per heavy atom. The minimum atomic E-state index is -0.124. The molecule has 1 N–H and O–H groups in total. The average Bonchev–Trinajstić information content (AvgIpc) is 2.22. The van der Waals surface area contributed by atoms with Crippen molar-refractivity contribution in [1.29, 1.82) is 0 Å². The second-order valence-corrected chi connectivity index (χ2v) is 4.05. The molecule has 0 saturated carbocycles. The molecular formula is C10H14Cl2N2O2. The van der Waals surface area contributed by atoms with Crippen molar-refractivity contribution in [2.24, 2.45) is 0 Å². The number of pyridine rings is 1. The van der Waals surface area contributed by atoms with E-state index in [2.05, 4.69) is 10.3 Å². The second kappa shape index (κ2) is 6.13. The van der Waals surface area contributed by atoms with Crippen molar-refractivity contribution in [3.8, 4) is 5.88 Å². The molecule has 0 amide bonds. The van der Waals surface area contributed by atoms with Crippen LogP contribution in [0.2, 0.25) is 10.0 Å². The molecule has 0 aliphatic heterocycles. The fourth-order valence-electron chi connectivity index (χ4n) is 1.17. The van der Waals surface area contributed by atoms with Gasteiger partial charge in [0.15, 0.2) is 0 Å². The lowest BCUT2D eigenvalue weighted by molar-refractivity contribution is 0.0891. The van der Waals surface area contributed by atoms with Crippen molar-refractivity contribution in [3.05, 3.63) is 16.1 Å². The molecule has 4 nitrogen and oxygen atoms in total. The Kier molecular flexibility index (Phi) is 5.12. The number of hydrogen-bond acceptors (Lipinski definition) is 4. The number of halogens is 2. The van der Waals surface area contributed by atoms with Gasteiger partial charge in [-0.15, -0.1) is 0 Å². The Hall–Kier alpha value is -0.710. The van der Waals surface area contributed by atoms with Crippen LogP contribution in [0.3, 0.4) is 0 Å². The highest BCUT2D eigenvalue weighted by Gasteiger charge is 2.12. The van der Waals surface area contributed by atoms with Crippen LogP contribution in [0.1, 0.15) is 6.92 Å². The minimum Gasteiger partial charge on any atom is -0.471 e. The molecule has 0 saturated heterocycles. The van der Waals surface area contributed by atoms with Gasteiger partial charge in [-0.25, -0.2) is 0 Å². The SMILES string of the molecule is CNc1nc(OC(C)COC)c(Cl)cc1Cl. The zero-order valence-electron chi connectivity index (χ0n) is 9.38. The highest BCUT2D eigenvalue weighted by molar-refractivity contribution is 6.36. The maximum atomic E-state index is 5.96. The molecule has 90 valence electrons. The van der Waals surface area contributed by atoms with Crippen LogP contribution >= 0.6 is 23.2 Å². The summed E-state index contributed by atoms with van der Waals surface area (Å²) in [7, 11) is 3.33. The van der Waals surface area contributed by atoms with Gasteiger partial charge in [-0.1, -0.05) is 23.2 Å². The molecule has 1 rings (SSSR count). The molecule has 0 radical (unpaired) electrons. The first-order chi connectivity index (χ1) is 7.58. The average molecular weight is 265 g/mol. The van der Waals surface area contributed by atoms with E-state index in [1.807, 2.05) is 6.92 Å². The first kappa shape index (κ1) is 13.4. The standard InChI is InChI=1S/C10H14Cl2N2O2/c1-6(5-15-3)16-10-8(12)4-7(11)9(13-2)14-10/h4,6H,5H2,1-3H3,(H,13,14). The number of aromatic nitrogens is 1. The van der Waals surface area contributed by atoms with Crippen LogP contribution in [0.5, 0.6) is 5.88 Å². The predicted octanol–water partition coefficient (Wildman–Crippen LogP) is 2.84. The molecule has 0 aliphatic carbocycles. The molecule has 1 aromatic heterocycles. The summed E-state index contributed by atoms with van der Waals surface area (Å²) in [6.07, 6.45) is -0.124. The first-order valence-electron chi connectivity index (χ1n) is 4.77. The highest BCUT2D eigenvalue weighted by Crippen LogP contribution is 2.30. The summed E-state index contributed by atoms with van der Waals surface area (Å²) in [4.78, 5) is 4.16. The number of ether oxygens (including phenoxy) is 2. The highest BCUT2D eigenvalue weighted by atomic mass is 35.5. The molecule has 16 heavy (non-hydrogen) atoms. The lowest BCUT2D eigenvalue weighted by Crippen LogP contribution is -2.19. The van der Waals surface area contributed by atoms with Crippen molar-refractivity contribution >= 4 is 29.0 Å². The predicted molar refractivity (Wildman–Crippen MR) is 65.8 cm³/mol. The molecule has 1 aromatic rings. The van der Waals surface area contributed by atoms with E-state index >= 15 is 0 Å². The molecule has 0 aliphatic rings. The Bertz CT molecular complexity index is 361. The number of nitrogens with zero attached hydrogens (tertiary/aromatic N) is 1. The van der Waals surface area contributed by atoms with Crippen LogP contribution < -0.4 is 10.1 Å². The van der Waals surface area contributed by atoms with Crippen LogP contribution in [0.15, 0.2) is 6.07 Å².